The standard InChI is InChI=1S/C24H29N3O2/c1-27(2)17-21-7-4-6-19(12-21)14-26-15-20-9-10-23(28-3)24(13-20)29-18-22-8-5-11-25-16-22/h4-13,16,26H,14-15,17-18H2,1-3H3. The molecule has 0 unspecified atom stereocenters. The number of ether oxygens (including phenoxy) is 2. The first-order valence-corrected chi connectivity index (χ1v) is 9.76. The van der Waals surface area contributed by atoms with Crippen molar-refractivity contribution in [3.63, 3.8) is 0 Å². The number of nitrogens with zero attached hydrogens (tertiary/aromatic N) is 2. The highest BCUT2D eigenvalue weighted by molar-refractivity contribution is 5.43. The summed E-state index contributed by atoms with van der Waals surface area (Å²) in [6, 6.07) is 18.6. The molecule has 0 saturated carbocycles. The van der Waals surface area contributed by atoms with E-state index < -0.39 is 0 Å². The van der Waals surface area contributed by atoms with Gasteiger partial charge in [-0.15, -0.1) is 0 Å². The van der Waals surface area contributed by atoms with Crippen molar-refractivity contribution < 1.29 is 9.47 Å². The Morgan fingerprint density at radius 3 is 2.34 bits per heavy atom. The zero-order valence-electron chi connectivity index (χ0n) is 17.4. The number of nitrogens with one attached hydrogen (secondary N) is 1. The molecule has 5 nitrogen and oxygen atoms in total. The highest BCUT2D eigenvalue weighted by Gasteiger charge is 2.07. The van der Waals surface area contributed by atoms with E-state index in [1.807, 2.05) is 30.5 Å². The number of benzene rings is 2. The van der Waals surface area contributed by atoms with Gasteiger partial charge in [-0.3, -0.25) is 4.98 Å². The van der Waals surface area contributed by atoms with E-state index in [2.05, 4.69) is 59.6 Å². The molecule has 0 aliphatic carbocycles. The second-order valence-electron chi connectivity index (χ2n) is 7.30. The Morgan fingerprint density at radius 2 is 1.62 bits per heavy atom. The van der Waals surface area contributed by atoms with Crippen molar-refractivity contribution in [1.29, 1.82) is 0 Å². The van der Waals surface area contributed by atoms with Crippen LogP contribution >= 0.6 is 0 Å². The van der Waals surface area contributed by atoms with E-state index in [0.29, 0.717) is 6.61 Å². The molecule has 1 N–H and O–H groups in total. The van der Waals surface area contributed by atoms with E-state index in [1.54, 1.807) is 13.3 Å². The van der Waals surface area contributed by atoms with E-state index >= 15 is 0 Å². The number of methoxy groups -OCH3 is 1. The van der Waals surface area contributed by atoms with Crippen LogP contribution in [0.1, 0.15) is 22.3 Å². The van der Waals surface area contributed by atoms with Crippen LogP contribution in [0.4, 0.5) is 0 Å². The molecule has 3 aromatic rings. The summed E-state index contributed by atoms with van der Waals surface area (Å²) in [7, 11) is 5.83. The molecule has 152 valence electrons. The number of rotatable bonds is 10. The minimum absolute atomic E-state index is 0.458. The van der Waals surface area contributed by atoms with Crippen molar-refractivity contribution in [3.8, 4) is 11.5 Å². The zero-order chi connectivity index (χ0) is 20.5. The van der Waals surface area contributed by atoms with Gasteiger partial charge in [0.2, 0.25) is 0 Å². The summed E-state index contributed by atoms with van der Waals surface area (Å²) < 4.78 is 11.4. The van der Waals surface area contributed by atoms with E-state index in [4.69, 9.17) is 9.47 Å². The zero-order valence-corrected chi connectivity index (χ0v) is 17.4. The molecule has 0 aliphatic rings. The molecular weight excluding hydrogens is 362 g/mol. The van der Waals surface area contributed by atoms with E-state index in [0.717, 1.165) is 42.3 Å². The quantitative estimate of drug-likeness (QED) is 0.566. The number of hydrogen-bond acceptors (Lipinski definition) is 5. The van der Waals surface area contributed by atoms with Crippen LogP contribution in [-0.4, -0.2) is 31.1 Å². The van der Waals surface area contributed by atoms with Crippen LogP contribution in [0.15, 0.2) is 67.0 Å². The highest BCUT2D eigenvalue weighted by Crippen LogP contribution is 2.28. The van der Waals surface area contributed by atoms with E-state index in [-0.39, 0.29) is 0 Å². The third-order valence-electron chi connectivity index (χ3n) is 4.49. The molecule has 29 heavy (non-hydrogen) atoms. The summed E-state index contributed by atoms with van der Waals surface area (Å²) in [5, 5.41) is 3.52. The highest BCUT2D eigenvalue weighted by atomic mass is 16.5. The van der Waals surface area contributed by atoms with Crippen molar-refractivity contribution in [2.24, 2.45) is 0 Å². The van der Waals surface area contributed by atoms with Gasteiger partial charge < -0.3 is 19.7 Å². The minimum atomic E-state index is 0.458. The summed E-state index contributed by atoms with van der Waals surface area (Å²) >= 11 is 0. The van der Waals surface area contributed by atoms with Gasteiger partial charge in [0.25, 0.3) is 0 Å². The van der Waals surface area contributed by atoms with Crippen LogP contribution in [0, 0.1) is 0 Å². The first kappa shape index (κ1) is 20.8. The second kappa shape index (κ2) is 10.6. The molecule has 0 amide bonds. The van der Waals surface area contributed by atoms with Crippen molar-refractivity contribution in [2.75, 3.05) is 21.2 Å². The number of aromatic nitrogens is 1. The van der Waals surface area contributed by atoms with Gasteiger partial charge in [-0.25, -0.2) is 0 Å². The summed E-state index contributed by atoms with van der Waals surface area (Å²) in [5.74, 6) is 1.47. The summed E-state index contributed by atoms with van der Waals surface area (Å²) in [6.45, 7) is 2.98. The maximum Gasteiger partial charge on any atom is 0.161 e. The molecule has 0 atom stereocenters. The normalized spacial score (nSPS) is 10.9. The Labute approximate surface area is 173 Å². The SMILES string of the molecule is COc1ccc(CNCc2cccc(CN(C)C)c2)cc1OCc1cccnc1. The Kier molecular flexibility index (Phi) is 7.61. The lowest BCUT2D eigenvalue weighted by atomic mass is 10.1. The van der Waals surface area contributed by atoms with Crippen molar-refractivity contribution in [3.05, 3.63) is 89.2 Å². The molecule has 0 radical (unpaired) electrons. The van der Waals surface area contributed by atoms with Gasteiger partial charge in [0, 0.05) is 37.6 Å². The van der Waals surface area contributed by atoms with E-state index in [9.17, 15) is 0 Å². The Bertz CT molecular complexity index is 898. The van der Waals surface area contributed by atoms with Crippen LogP contribution in [-0.2, 0) is 26.2 Å². The first-order valence-electron chi connectivity index (χ1n) is 9.76. The maximum absolute atomic E-state index is 5.97. The topological polar surface area (TPSA) is 46.6 Å². The van der Waals surface area contributed by atoms with Gasteiger partial charge in [0.15, 0.2) is 11.5 Å². The Balaban J connectivity index is 1.58. The largest absolute Gasteiger partial charge is 0.493 e. The third-order valence-corrected chi connectivity index (χ3v) is 4.49. The summed E-state index contributed by atoms with van der Waals surface area (Å²) in [6.07, 6.45) is 3.56. The van der Waals surface area contributed by atoms with Crippen LogP contribution < -0.4 is 14.8 Å². The molecule has 3 rings (SSSR count). The van der Waals surface area contributed by atoms with Crippen molar-refractivity contribution >= 4 is 0 Å². The van der Waals surface area contributed by atoms with Gasteiger partial charge in [-0.05, 0) is 49.0 Å². The monoisotopic (exact) mass is 391 g/mol. The lowest BCUT2D eigenvalue weighted by Gasteiger charge is -2.13. The molecule has 0 spiro atoms. The third kappa shape index (κ3) is 6.59. The molecule has 1 aromatic heterocycles. The molecule has 2 aromatic carbocycles. The molecular formula is C24H29N3O2. The fourth-order valence-corrected chi connectivity index (χ4v) is 3.14. The number of pyridine rings is 1. The van der Waals surface area contributed by atoms with Gasteiger partial charge in [0.05, 0.1) is 7.11 Å². The fourth-order valence-electron chi connectivity index (χ4n) is 3.14. The summed E-state index contributed by atoms with van der Waals surface area (Å²) in [5.41, 5.74) is 4.78. The minimum Gasteiger partial charge on any atom is -0.493 e. The predicted octanol–water partition coefficient (Wildman–Crippen LogP) is 4.02. The molecule has 0 aliphatic heterocycles. The van der Waals surface area contributed by atoms with Crippen molar-refractivity contribution in [2.45, 2.75) is 26.2 Å². The van der Waals surface area contributed by atoms with Gasteiger partial charge in [-0.2, -0.15) is 0 Å². The average molecular weight is 392 g/mol. The van der Waals surface area contributed by atoms with Crippen LogP contribution in [0.25, 0.3) is 0 Å². The molecule has 0 bridgehead atoms. The van der Waals surface area contributed by atoms with Crippen LogP contribution in [0.5, 0.6) is 11.5 Å². The van der Waals surface area contributed by atoms with Crippen molar-refractivity contribution in [1.82, 2.24) is 15.2 Å². The lowest BCUT2D eigenvalue weighted by molar-refractivity contribution is 0.283. The van der Waals surface area contributed by atoms with Crippen LogP contribution in [0.2, 0.25) is 0 Å². The lowest BCUT2D eigenvalue weighted by Crippen LogP contribution is -2.14. The van der Waals surface area contributed by atoms with Gasteiger partial charge >= 0.3 is 0 Å². The van der Waals surface area contributed by atoms with Gasteiger partial charge in [0.1, 0.15) is 6.61 Å². The van der Waals surface area contributed by atoms with Crippen LogP contribution in [0.3, 0.4) is 0 Å². The molecule has 0 fully saturated rings. The Morgan fingerprint density at radius 1 is 0.862 bits per heavy atom. The summed E-state index contributed by atoms with van der Waals surface area (Å²) in [4.78, 5) is 6.30. The molecule has 1 heterocycles. The Hall–Kier alpha value is -2.89. The fraction of sp³-hybridized carbons (Fsp3) is 0.292. The second-order valence-corrected chi connectivity index (χ2v) is 7.30. The molecule has 0 saturated heterocycles. The average Bonchev–Trinajstić information content (AvgIpc) is 2.73. The number of hydrogen-bond donors (Lipinski definition) is 1. The molecule has 5 heteroatoms. The van der Waals surface area contributed by atoms with Gasteiger partial charge in [-0.1, -0.05) is 36.4 Å². The predicted molar refractivity (Wildman–Crippen MR) is 116 cm³/mol. The maximum atomic E-state index is 5.97. The smallest absolute Gasteiger partial charge is 0.161 e. The first-order chi connectivity index (χ1) is 14.1. The van der Waals surface area contributed by atoms with E-state index in [1.165, 1.54) is 11.1 Å².